The third kappa shape index (κ3) is 4.07. The molecule has 7 heteroatoms. The van der Waals surface area contributed by atoms with Crippen LogP contribution >= 0.6 is 11.8 Å². The molecule has 0 spiro atoms. The fourth-order valence-electron chi connectivity index (χ4n) is 3.66. The van der Waals surface area contributed by atoms with Gasteiger partial charge < -0.3 is 4.74 Å². The number of para-hydroxylation sites is 2. The van der Waals surface area contributed by atoms with Crippen molar-refractivity contribution in [3.8, 4) is 5.75 Å². The summed E-state index contributed by atoms with van der Waals surface area (Å²) in [5.74, 6) is 0.619. The smallest absolute Gasteiger partial charge is 0.276 e. The zero-order valence-electron chi connectivity index (χ0n) is 17.3. The van der Waals surface area contributed by atoms with Crippen LogP contribution in [0, 0.1) is 0 Å². The summed E-state index contributed by atoms with van der Waals surface area (Å²) in [6.07, 6.45) is 6.02. The number of rotatable bonds is 7. The van der Waals surface area contributed by atoms with Gasteiger partial charge in [0, 0.05) is 10.8 Å². The van der Waals surface area contributed by atoms with E-state index in [0.717, 1.165) is 34.7 Å². The maximum Gasteiger partial charge on any atom is 0.276 e. The number of amides is 1. The highest BCUT2D eigenvalue weighted by molar-refractivity contribution is 8.13. The summed E-state index contributed by atoms with van der Waals surface area (Å²) in [7, 11) is 0. The van der Waals surface area contributed by atoms with Gasteiger partial charge in [-0.3, -0.25) is 15.1 Å². The van der Waals surface area contributed by atoms with Crippen LogP contribution in [-0.4, -0.2) is 28.9 Å². The van der Waals surface area contributed by atoms with Gasteiger partial charge in [-0.05, 0) is 24.8 Å². The van der Waals surface area contributed by atoms with Crippen LogP contribution in [0.5, 0.6) is 5.75 Å². The Balaban J connectivity index is 1.75. The van der Waals surface area contributed by atoms with E-state index in [1.807, 2.05) is 54.8 Å². The van der Waals surface area contributed by atoms with Crippen LogP contribution in [0.1, 0.15) is 44.3 Å². The Morgan fingerprint density at radius 2 is 1.90 bits per heavy atom. The summed E-state index contributed by atoms with van der Waals surface area (Å²) in [5, 5.41) is 11.4. The molecule has 1 atom stereocenters. The average Bonchev–Trinajstić information content (AvgIpc) is 2.78. The SMILES string of the molecule is CCCCCCOc1ccccc1[C@@H]1N=c2ccccc2=C2C(=O)NC(SC)=NN21. The number of carbonyl (C=O) groups is 1. The molecule has 1 amide bonds. The lowest BCUT2D eigenvalue weighted by molar-refractivity contribution is -0.116. The molecule has 0 unspecified atom stereocenters. The van der Waals surface area contributed by atoms with E-state index in [1.165, 1.54) is 24.6 Å². The van der Waals surface area contributed by atoms with Crippen molar-refractivity contribution in [2.75, 3.05) is 12.9 Å². The lowest BCUT2D eigenvalue weighted by Crippen LogP contribution is -2.50. The first-order valence-corrected chi connectivity index (χ1v) is 11.6. The van der Waals surface area contributed by atoms with E-state index in [-0.39, 0.29) is 5.91 Å². The first kappa shape index (κ1) is 20.5. The fourth-order valence-corrected chi connectivity index (χ4v) is 4.02. The molecule has 6 nitrogen and oxygen atoms in total. The van der Waals surface area contributed by atoms with Gasteiger partial charge in [-0.15, -0.1) is 5.10 Å². The lowest BCUT2D eigenvalue weighted by atomic mass is 10.1. The fraction of sp³-hybridized carbons (Fsp3) is 0.348. The monoisotopic (exact) mass is 422 g/mol. The number of unbranched alkanes of at least 4 members (excludes halogenated alkanes) is 3. The summed E-state index contributed by atoms with van der Waals surface area (Å²) in [6, 6.07) is 15.6. The summed E-state index contributed by atoms with van der Waals surface area (Å²) < 4.78 is 6.13. The molecule has 156 valence electrons. The second-order valence-corrected chi connectivity index (χ2v) is 8.02. The van der Waals surface area contributed by atoms with E-state index in [2.05, 4.69) is 17.3 Å². The van der Waals surface area contributed by atoms with Crippen molar-refractivity contribution >= 4 is 28.5 Å². The standard InChI is InChI=1S/C23H26N4O2S/c1-3-4-5-10-15-29-19-14-9-7-12-17(19)21-24-18-13-8-6-11-16(18)20-22(28)25-23(30-2)26-27(20)21/h6-9,11-14,21H,3-5,10,15H2,1-2H3,(H,25,26,28)/t21-/m1/s1. The van der Waals surface area contributed by atoms with Crippen molar-refractivity contribution in [1.82, 2.24) is 10.3 Å². The van der Waals surface area contributed by atoms with Crippen molar-refractivity contribution in [3.05, 3.63) is 64.7 Å². The molecule has 0 fully saturated rings. The number of hydrazone groups is 1. The molecule has 4 rings (SSSR count). The van der Waals surface area contributed by atoms with E-state index < -0.39 is 6.17 Å². The third-order valence-corrected chi connectivity index (χ3v) is 5.73. The van der Waals surface area contributed by atoms with Gasteiger partial charge >= 0.3 is 0 Å². The molecule has 0 aromatic heterocycles. The number of nitrogens with zero attached hydrogens (tertiary/aromatic N) is 3. The number of benzene rings is 2. The molecule has 2 aliphatic heterocycles. The van der Waals surface area contributed by atoms with Crippen molar-refractivity contribution in [1.29, 1.82) is 0 Å². The maximum absolute atomic E-state index is 12.9. The van der Waals surface area contributed by atoms with Gasteiger partial charge in [-0.25, -0.2) is 5.01 Å². The Hall–Kier alpha value is -2.80. The molecular weight excluding hydrogens is 396 g/mol. The highest BCUT2D eigenvalue weighted by Crippen LogP contribution is 2.35. The van der Waals surface area contributed by atoms with E-state index in [4.69, 9.17) is 9.73 Å². The number of fused-ring (bicyclic) bond motifs is 2. The van der Waals surface area contributed by atoms with Crippen LogP contribution in [-0.2, 0) is 4.79 Å². The summed E-state index contributed by atoms with van der Waals surface area (Å²) in [5.41, 5.74) is 1.42. The number of nitrogens with one attached hydrogen (secondary N) is 1. The molecule has 0 radical (unpaired) electrons. The van der Waals surface area contributed by atoms with Crippen LogP contribution in [0.3, 0.4) is 0 Å². The van der Waals surface area contributed by atoms with Crippen LogP contribution in [0.2, 0.25) is 0 Å². The normalized spacial score (nSPS) is 17.5. The minimum absolute atomic E-state index is 0.167. The van der Waals surface area contributed by atoms with Crippen LogP contribution in [0.4, 0.5) is 0 Å². The number of thioether (sulfide) groups is 1. The summed E-state index contributed by atoms with van der Waals surface area (Å²) >= 11 is 1.40. The molecule has 2 heterocycles. The predicted molar refractivity (Wildman–Crippen MR) is 120 cm³/mol. The topological polar surface area (TPSA) is 66.3 Å². The first-order valence-electron chi connectivity index (χ1n) is 10.3. The molecule has 0 saturated carbocycles. The van der Waals surface area contributed by atoms with E-state index >= 15 is 0 Å². The Kier molecular flexibility index (Phi) is 6.38. The molecular formula is C23H26N4O2S. The van der Waals surface area contributed by atoms with Crippen molar-refractivity contribution in [3.63, 3.8) is 0 Å². The van der Waals surface area contributed by atoms with Gasteiger partial charge in [0.25, 0.3) is 5.91 Å². The largest absolute Gasteiger partial charge is 0.493 e. The lowest BCUT2D eigenvalue weighted by Gasteiger charge is -2.34. The molecule has 0 bridgehead atoms. The summed E-state index contributed by atoms with van der Waals surface area (Å²) in [6.45, 7) is 2.86. The zero-order valence-corrected chi connectivity index (χ0v) is 18.1. The zero-order chi connectivity index (χ0) is 20.9. The molecule has 0 aliphatic carbocycles. The highest BCUT2D eigenvalue weighted by atomic mass is 32.2. The minimum Gasteiger partial charge on any atom is -0.493 e. The Bertz CT molecular complexity index is 1080. The minimum atomic E-state index is -0.463. The maximum atomic E-state index is 12.9. The number of hydrogen-bond acceptors (Lipinski definition) is 6. The second-order valence-electron chi connectivity index (χ2n) is 7.22. The predicted octanol–water partition coefficient (Wildman–Crippen LogP) is 3.15. The molecule has 2 aromatic rings. The molecule has 30 heavy (non-hydrogen) atoms. The molecule has 0 saturated heterocycles. The van der Waals surface area contributed by atoms with Gasteiger partial charge in [-0.2, -0.15) is 0 Å². The Labute approximate surface area is 180 Å². The number of ether oxygens (including phenoxy) is 1. The van der Waals surface area contributed by atoms with Crippen LogP contribution in [0.15, 0.2) is 58.6 Å². The molecule has 2 aromatic carbocycles. The summed E-state index contributed by atoms with van der Waals surface area (Å²) in [4.78, 5) is 17.9. The van der Waals surface area contributed by atoms with Crippen LogP contribution < -0.4 is 20.6 Å². The van der Waals surface area contributed by atoms with E-state index in [0.29, 0.717) is 17.5 Å². The number of amidine groups is 1. The van der Waals surface area contributed by atoms with Gasteiger partial charge in [0.1, 0.15) is 11.4 Å². The highest BCUT2D eigenvalue weighted by Gasteiger charge is 2.35. The number of hydrogen-bond donors (Lipinski definition) is 1. The average molecular weight is 423 g/mol. The van der Waals surface area contributed by atoms with Crippen LogP contribution in [0.25, 0.3) is 5.70 Å². The second kappa shape index (κ2) is 9.34. The van der Waals surface area contributed by atoms with Gasteiger partial charge in [0.2, 0.25) is 0 Å². The third-order valence-electron chi connectivity index (χ3n) is 5.16. The quantitative estimate of drug-likeness (QED) is 0.696. The van der Waals surface area contributed by atoms with E-state index in [9.17, 15) is 4.79 Å². The van der Waals surface area contributed by atoms with Crippen molar-refractivity contribution < 1.29 is 9.53 Å². The Morgan fingerprint density at radius 1 is 1.10 bits per heavy atom. The van der Waals surface area contributed by atoms with Gasteiger partial charge in [-0.1, -0.05) is 74.3 Å². The van der Waals surface area contributed by atoms with E-state index in [1.54, 1.807) is 5.01 Å². The molecule has 2 aliphatic rings. The van der Waals surface area contributed by atoms with Gasteiger partial charge in [0.05, 0.1) is 12.0 Å². The Morgan fingerprint density at radius 3 is 2.73 bits per heavy atom. The first-order chi connectivity index (χ1) is 14.7. The van der Waals surface area contributed by atoms with Gasteiger partial charge in [0.15, 0.2) is 11.3 Å². The van der Waals surface area contributed by atoms with Crippen molar-refractivity contribution in [2.45, 2.75) is 38.8 Å². The van der Waals surface area contributed by atoms with Crippen molar-refractivity contribution in [2.24, 2.45) is 10.1 Å². The number of carbonyl (C=O) groups excluding carboxylic acids is 1. The molecule has 1 N–H and O–H groups in total.